The molecule has 1 unspecified atom stereocenters. The Morgan fingerprint density at radius 2 is 2.12 bits per heavy atom. The number of rotatable bonds is 4. The van der Waals surface area contributed by atoms with E-state index < -0.39 is 0 Å². The molecule has 1 aromatic rings. The lowest BCUT2D eigenvalue weighted by molar-refractivity contribution is 0.525. The van der Waals surface area contributed by atoms with Crippen LogP contribution in [0.15, 0.2) is 24.3 Å². The first-order valence-corrected chi connectivity index (χ1v) is 7.32. The minimum atomic E-state index is 0.791. The fraction of sp³-hybridized carbons (Fsp3) is 0.571. The molecule has 0 N–H and O–H groups in total. The van der Waals surface area contributed by atoms with Crippen molar-refractivity contribution in [3.8, 4) is 0 Å². The molecule has 0 amide bonds. The SMILES string of the molecule is CC1Cc2ccccc2N(CCCCBr)C1. The number of hydrogen-bond acceptors (Lipinski definition) is 1. The average molecular weight is 282 g/mol. The number of halogens is 1. The second-order valence-corrected chi connectivity index (χ2v) is 5.57. The Morgan fingerprint density at radius 1 is 1.31 bits per heavy atom. The number of nitrogens with zero attached hydrogens (tertiary/aromatic N) is 1. The number of unbranched alkanes of at least 4 members (excludes halogenated alkanes) is 1. The molecule has 0 radical (unpaired) electrons. The Bertz CT molecular complexity index is 337. The third-order valence-electron chi connectivity index (χ3n) is 3.24. The first kappa shape index (κ1) is 12.0. The van der Waals surface area contributed by atoms with Crippen molar-refractivity contribution in [3.05, 3.63) is 29.8 Å². The van der Waals surface area contributed by atoms with Gasteiger partial charge < -0.3 is 4.90 Å². The van der Waals surface area contributed by atoms with E-state index in [9.17, 15) is 0 Å². The number of fused-ring (bicyclic) bond motifs is 1. The molecule has 1 aromatic carbocycles. The zero-order valence-corrected chi connectivity index (χ0v) is 11.5. The van der Waals surface area contributed by atoms with Crippen molar-refractivity contribution >= 4 is 21.6 Å². The topological polar surface area (TPSA) is 3.24 Å². The van der Waals surface area contributed by atoms with Crippen molar-refractivity contribution in [2.45, 2.75) is 26.2 Å². The van der Waals surface area contributed by atoms with Gasteiger partial charge in [0.2, 0.25) is 0 Å². The van der Waals surface area contributed by atoms with Gasteiger partial charge in [-0.15, -0.1) is 0 Å². The van der Waals surface area contributed by atoms with Crippen LogP contribution in [0.3, 0.4) is 0 Å². The Labute approximate surface area is 107 Å². The van der Waals surface area contributed by atoms with E-state index in [1.807, 2.05) is 0 Å². The summed E-state index contributed by atoms with van der Waals surface area (Å²) in [6.07, 6.45) is 3.80. The maximum Gasteiger partial charge on any atom is 0.0398 e. The molecular weight excluding hydrogens is 262 g/mol. The van der Waals surface area contributed by atoms with Crippen LogP contribution in [0.2, 0.25) is 0 Å². The monoisotopic (exact) mass is 281 g/mol. The van der Waals surface area contributed by atoms with Gasteiger partial charge in [0.1, 0.15) is 0 Å². The van der Waals surface area contributed by atoms with Gasteiger partial charge in [-0.1, -0.05) is 41.1 Å². The lowest BCUT2D eigenvalue weighted by Crippen LogP contribution is -2.35. The van der Waals surface area contributed by atoms with E-state index in [-0.39, 0.29) is 0 Å². The maximum absolute atomic E-state index is 3.50. The van der Waals surface area contributed by atoms with E-state index in [1.165, 1.54) is 43.6 Å². The molecule has 0 saturated heterocycles. The van der Waals surface area contributed by atoms with Gasteiger partial charge in [-0.3, -0.25) is 0 Å². The van der Waals surface area contributed by atoms with Gasteiger partial charge in [-0.2, -0.15) is 0 Å². The molecule has 1 nitrogen and oxygen atoms in total. The summed E-state index contributed by atoms with van der Waals surface area (Å²) in [5.74, 6) is 0.791. The van der Waals surface area contributed by atoms with Gasteiger partial charge in [-0.05, 0) is 36.8 Å². The molecule has 88 valence electrons. The summed E-state index contributed by atoms with van der Waals surface area (Å²) in [4.78, 5) is 2.56. The Morgan fingerprint density at radius 3 is 2.94 bits per heavy atom. The van der Waals surface area contributed by atoms with Crippen LogP contribution in [0.1, 0.15) is 25.3 Å². The van der Waals surface area contributed by atoms with E-state index in [1.54, 1.807) is 0 Å². The minimum Gasteiger partial charge on any atom is -0.371 e. The second-order valence-electron chi connectivity index (χ2n) is 4.78. The van der Waals surface area contributed by atoms with E-state index in [2.05, 4.69) is 52.0 Å². The summed E-state index contributed by atoms with van der Waals surface area (Å²) >= 11 is 3.50. The summed E-state index contributed by atoms with van der Waals surface area (Å²) < 4.78 is 0. The summed E-state index contributed by atoms with van der Waals surface area (Å²) in [5.41, 5.74) is 3.00. The molecule has 0 saturated carbocycles. The fourth-order valence-electron chi connectivity index (χ4n) is 2.52. The van der Waals surface area contributed by atoms with Crippen LogP contribution in [0, 0.1) is 5.92 Å². The van der Waals surface area contributed by atoms with Crippen molar-refractivity contribution in [1.82, 2.24) is 0 Å². The lowest BCUT2D eigenvalue weighted by Gasteiger charge is -2.34. The van der Waals surface area contributed by atoms with E-state index in [0.717, 1.165) is 11.2 Å². The molecule has 0 aromatic heterocycles. The Kier molecular flexibility index (Phi) is 4.28. The van der Waals surface area contributed by atoms with Gasteiger partial charge in [0.15, 0.2) is 0 Å². The zero-order chi connectivity index (χ0) is 11.4. The van der Waals surface area contributed by atoms with Crippen LogP contribution in [-0.2, 0) is 6.42 Å². The maximum atomic E-state index is 3.50. The van der Waals surface area contributed by atoms with Gasteiger partial charge in [0.25, 0.3) is 0 Å². The lowest BCUT2D eigenvalue weighted by atomic mass is 9.94. The van der Waals surface area contributed by atoms with Crippen LogP contribution < -0.4 is 4.90 Å². The number of para-hydroxylation sites is 1. The van der Waals surface area contributed by atoms with Crippen molar-refractivity contribution in [2.75, 3.05) is 23.3 Å². The highest BCUT2D eigenvalue weighted by Gasteiger charge is 2.20. The Hall–Kier alpha value is -0.500. The van der Waals surface area contributed by atoms with Gasteiger partial charge in [0, 0.05) is 24.1 Å². The number of hydrogen-bond donors (Lipinski definition) is 0. The van der Waals surface area contributed by atoms with Gasteiger partial charge >= 0.3 is 0 Å². The third-order valence-corrected chi connectivity index (χ3v) is 3.81. The first-order chi connectivity index (χ1) is 7.81. The summed E-state index contributed by atoms with van der Waals surface area (Å²) in [5, 5.41) is 1.12. The third kappa shape index (κ3) is 2.79. The van der Waals surface area contributed by atoms with Crippen LogP contribution in [0.4, 0.5) is 5.69 Å². The summed E-state index contributed by atoms with van der Waals surface area (Å²) in [6, 6.07) is 8.87. The van der Waals surface area contributed by atoms with Crippen molar-refractivity contribution in [1.29, 1.82) is 0 Å². The molecule has 2 heteroatoms. The van der Waals surface area contributed by atoms with Crippen molar-refractivity contribution < 1.29 is 0 Å². The fourth-order valence-corrected chi connectivity index (χ4v) is 2.91. The molecule has 0 fully saturated rings. The minimum absolute atomic E-state index is 0.791. The largest absolute Gasteiger partial charge is 0.371 e. The molecule has 1 atom stereocenters. The van der Waals surface area contributed by atoms with Crippen molar-refractivity contribution in [3.63, 3.8) is 0 Å². The number of anilines is 1. The summed E-state index contributed by atoms with van der Waals surface area (Å²) in [6.45, 7) is 4.78. The standard InChI is InChI=1S/C14H20BrN/c1-12-10-13-6-2-3-7-14(13)16(11-12)9-5-4-8-15/h2-3,6-7,12H,4-5,8-11H2,1H3. The smallest absolute Gasteiger partial charge is 0.0398 e. The van der Waals surface area contributed by atoms with E-state index in [4.69, 9.17) is 0 Å². The molecule has 2 rings (SSSR count). The van der Waals surface area contributed by atoms with Crippen LogP contribution in [-0.4, -0.2) is 18.4 Å². The molecule has 0 bridgehead atoms. The molecule has 1 aliphatic rings. The van der Waals surface area contributed by atoms with Crippen LogP contribution in [0.5, 0.6) is 0 Å². The second kappa shape index (κ2) is 5.72. The molecule has 1 heterocycles. The number of benzene rings is 1. The highest BCUT2D eigenvalue weighted by molar-refractivity contribution is 9.09. The average Bonchev–Trinajstić information content (AvgIpc) is 2.29. The highest BCUT2D eigenvalue weighted by Crippen LogP contribution is 2.29. The first-order valence-electron chi connectivity index (χ1n) is 6.20. The molecular formula is C14H20BrN. The van der Waals surface area contributed by atoms with Gasteiger partial charge in [-0.25, -0.2) is 0 Å². The van der Waals surface area contributed by atoms with Crippen LogP contribution >= 0.6 is 15.9 Å². The quantitative estimate of drug-likeness (QED) is 0.598. The molecule has 1 aliphatic heterocycles. The van der Waals surface area contributed by atoms with Crippen LogP contribution in [0.25, 0.3) is 0 Å². The normalized spacial score (nSPS) is 19.6. The van der Waals surface area contributed by atoms with E-state index >= 15 is 0 Å². The molecule has 16 heavy (non-hydrogen) atoms. The van der Waals surface area contributed by atoms with Gasteiger partial charge in [0.05, 0.1) is 0 Å². The predicted octanol–water partition coefficient (Wildman–Crippen LogP) is 3.86. The molecule has 0 spiro atoms. The summed E-state index contributed by atoms with van der Waals surface area (Å²) in [7, 11) is 0. The molecule has 0 aliphatic carbocycles. The Balaban J connectivity index is 2.07. The van der Waals surface area contributed by atoms with E-state index in [0.29, 0.717) is 0 Å². The van der Waals surface area contributed by atoms with Crippen molar-refractivity contribution in [2.24, 2.45) is 5.92 Å². The predicted molar refractivity (Wildman–Crippen MR) is 74.6 cm³/mol. The zero-order valence-electron chi connectivity index (χ0n) is 9.95. The highest BCUT2D eigenvalue weighted by atomic mass is 79.9. The number of alkyl halides is 1.